The summed E-state index contributed by atoms with van der Waals surface area (Å²) in [5, 5.41) is 10.5. The van der Waals surface area contributed by atoms with Crippen LogP contribution in [0, 0.1) is 17.3 Å². The summed E-state index contributed by atoms with van der Waals surface area (Å²) in [5.74, 6) is 0.301. The molecular weight excluding hydrogens is 196 g/mol. The second-order valence-electron chi connectivity index (χ2n) is 5.52. The number of aliphatic hydroxyl groups is 1. The van der Waals surface area contributed by atoms with Gasteiger partial charge < -0.3 is 5.11 Å². The lowest BCUT2D eigenvalue weighted by Crippen LogP contribution is -2.45. The highest BCUT2D eigenvalue weighted by Gasteiger charge is 2.44. The summed E-state index contributed by atoms with van der Waals surface area (Å²) in [5.41, 5.74) is 2.09. The zero-order chi connectivity index (χ0) is 12.5. The molecule has 0 bridgehead atoms. The molecule has 0 radical (unpaired) electrons. The second kappa shape index (κ2) is 4.58. The highest BCUT2D eigenvalue weighted by molar-refractivity contribution is 5.18. The van der Waals surface area contributed by atoms with E-state index in [2.05, 4.69) is 26.7 Å². The van der Waals surface area contributed by atoms with E-state index in [0.717, 1.165) is 24.0 Å². The fourth-order valence-corrected chi connectivity index (χ4v) is 3.04. The third-order valence-electron chi connectivity index (χ3n) is 4.09. The van der Waals surface area contributed by atoms with E-state index in [4.69, 9.17) is 0 Å². The number of allylic oxidation sites excluding steroid dienone is 1. The monoisotopic (exact) mass is 220 g/mol. The fourth-order valence-electron chi connectivity index (χ4n) is 3.04. The summed E-state index contributed by atoms with van der Waals surface area (Å²) in [6.45, 7) is 18.1. The standard InChI is InChI=1S/C15H24O/c1-7-15(6)9-8-12(10(2)3)14(16)13(15)11(4)5/h7,12-14,16H,1-2,4,8-9H2,3,5-6H3/t12-,13+,14-,15+/m0/s1. The van der Waals surface area contributed by atoms with E-state index in [1.165, 1.54) is 0 Å². The van der Waals surface area contributed by atoms with Crippen LogP contribution in [0.2, 0.25) is 0 Å². The smallest absolute Gasteiger partial charge is 0.0678 e. The summed E-state index contributed by atoms with van der Waals surface area (Å²) in [6.07, 6.45) is 3.64. The van der Waals surface area contributed by atoms with Gasteiger partial charge in [0.05, 0.1) is 6.10 Å². The van der Waals surface area contributed by atoms with Crippen LogP contribution < -0.4 is 0 Å². The molecule has 90 valence electrons. The number of aliphatic hydroxyl groups excluding tert-OH is 1. The lowest BCUT2D eigenvalue weighted by Gasteiger charge is -2.47. The highest BCUT2D eigenvalue weighted by Crippen LogP contribution is 2.48. The van der Waals surface area contributed by atoms with Gasteiger partial charge in [-0.1, -0.05) is 37.3 Å². The molecule has 0 heterocycles. The summed E-state index contributed by atoms with van der Waals surface area (Å²) in [6, 6.07) is 0. The lowest BCUT2D eigenvalue weighted by molar-refractivity contribution is -0.00651. The van der Waals surface area contributed by atoms with Crippen molar-refractivity contribution in [2.24, 2.45) is 17.3 Å². The Bertz CT molecular complexity index is 315. The van der Waals surface area contributed by atoms with Crippen LogP contribution >= 0.6 is 0 Å². The van der Waals surface area contributed by atoms with Crippen molar-refractivity contribution in [2.45, 2.75) is 39.7 Å². The first-order valence-electron chi connectivity index (χ1n) is 5.96. The van der Waals surface area contributed by atoms with Gasteiger partial charge in [0.15, 0.2) is 0 Å². The number of rotatable bonds is 3. The molecule has 0 amide bonds. The van der Waals surface area contributed by atoms with E-state index >= 15 is 0 Å². The van der Waals surface area contributed by atoms with Crippen molar-refractivity contribution in [1.29, 1.82) is 0 Å². The first-order valence-corrected chi connectivity index (χ1v) is 5.96. The maximum absolute atomic E-state index is 10.5. The first-order chi connectivity index (χ1) is 7.33. The normalized spacial score (nSPS) is 39.1. The maximum atomic E-state index is 10.5. The molecule has 0 aliphatic heterocycles. The molecule has 1 saturated carbocycles. The van der Waals surface area contributed by atoms with Crippen molar-refractivity contribution in [3.63, 3.8) is 0 Å². The van der Waals surface area contributed by atoms with E-state index in [9.17, 15) is 5.11 Å². The van der Waals surface area contributed by atoms with E-state index in [0.29, 0.717) is 0 Å². The van der Waals surface area contributed by atoms with E-state index < -0.39 is 0 Å². The predicted octanol–water partition coefficient (Wildman–Crippen LogP) is 3.72. The molecule has 0 aromatic rings. The fraction of sp³-hybridized carbons (Fsp3) is 0.600. The van der Waals surface area contributed by atoms with Crippen LogP contribution in [0.25, 0.3) is 0 Å². The largest absolute Gasteiger partial charge is 0.392 e. The third kappa shape index (κ3) is 2.15. The molecule has 1 fully saturated rings. The minimum absolute atomic E-state index is 0.0306. The van der Waals surface area contributed by atoms with Crippen LogP contribution in [0.3, 0.4) is 0 Å². The Morgan fingerprint density at radius 3 is 2.25 bits per heavy atom. The van der Waals surface area contributed by atoms with Gasteiger partial charge >= 0.3 is 0 Å². The van der Waals surface area contributed by atoms with E-state index in [-0.39, 0.29) is 23.4 Å². The average molecular weight is 220 g/mol. The molecule has 0 aromatic heterocycles. The van der Waals surface area contributed by atoms with Gasteiger partial charge in [-0.3, -0.25) is 0 Å². The molecule has 1 nitrogen and oxygen atoms in total. The molecule has 1 N–H and O–H groups in total. The van der Waals surface area contributed by atoms with Crippen LogP contribution in [0.1, 0.15) is 33.6 Å². The topological polar surface area (TPSA) is 20.2 Å². The van der Waals surface area contributed by atoms with Crippen LogP contribution in [0.15, 0.2) is 37.0 Å². The van der Waals surface area contributed by atoms with Gasteiger partial charge in [0.1, 0.15) is 0 Å². The molecule has 0 unspecified atom stereocenters. The second-order valence-corrected chi connectivity index (χ2v) is 5.52. The van der Waals surface area contributed by atoms with Crippen LogP contribution in [0.5, 0.6) is 0 Å². The Hall–Kier alpha value is -0.820. The molecular formula is C15H24O. The van der Waals surface area contributed by atoms with Crippen molar-refractivity contribution >= 4 is 0 Å². The van der Waals surface area contributed by atoms with Gasteiger partial charge in [0, 0.05) is 11.8 Å². The third-order valence-corrected chi connectivity index (χ3v) is 4.09. The molecule has 1 aliphatic rings. The Balaban J connectivity index is 3.05. The predicted molar refractivity (Wildman–Crippen MR) is 70.2 cm³/mol. The summed E-state index contributed by atoms with van der Waals surface area (Å²) in [7, 11) is 0. The Morgan fingerprint density at radius 2 is 1.88 bits per heavy atom. The molecule has 1 aliphatic carbocycles. The molecule has 1 rings (SSSR count). The zero-order valence-electron chi connectivity index (χ0n) is 10.8. The number of hydrogen-bond donors (Lipinski definition) is 1. The van der Waals surface area contributed by atoms with Gasteiger partial charge in [0.2, 0.25) is 0 Å². The van der Waals surface area contributed by atoms with Gasteiger partial charge in [-0.05, 0) is 32.1 Å². The minimum atomic E-state index is -0.369. The number of hydrogen-bond acceptors (Lipinski definition) is 1. The van der Waals surface area contributed by atoms with Crippen molar-refractivity contribution in [1.82, 2.24) is 0 Å². The average Bonchev–Trinajstić information content (AvgIpc) is 2.16. The molecule has 0 spiro atoms. The molecule has 0 saturated heterocycles. The summed E-state index contributed by atoms with van der Waals surface area (Å²) >= 11 is 0. The Labute approximate surface area is 99.6 Å². The molecule has 4 atom stereocenters. The first kappa shape index (κ1) is 13.2. The SMILES string of the molecule is C=C[C@]1(C)CC[C@@H](C(=C)C)[C@H](O)[C@H]1C(=C)C. The molecule has 1 heteroatoms. The maximum Gasteiger partial charge on any atom is 0.0678 e. The molecule has 16 heavy (non-hydrogen) atoms. The van der Waals surface area contributed by atoms with Crippen molar-refractivity contribution < 1.29 is 5.11 Å². The van der Waals surface area contributed by atoms with E-state index in [1.807, 2.05) is 19.9 Å². The lowest BCUT2D eigenvalue weighted by atomic mass is 9.60. The van der Waals surface area contributed by atoms with Crippen LogP contribution in [0.4, 0.5) is 0 Å². The van der Waals surface area contributed by atoms with Crippen molar-refractivity contribution in [3.05, 3.63) is 37.0 Å². The Morgan fingerprint density at radius 1 is 1.31 bits per heavy atom. The summed E-state index contributed by atoms with van der Waals surface area (Å²) in [4.78, 5) is 0. The summed E-state index contributed by atoms with van der Waals surface area (Å²) < 4.78 is 0. The van der Waals surface area contributed by atoms with Gasteiger partial charge in [-0.25, -0.2) is 0 Å². The van der Waals surface area contributed by atoms with Crippen LogP contribution in [-0.2, 0) is 0 Å². The van der Waals surface area contributed by atoms with Crippen LogP contribution in [-0.4, -0.2) is 11.2 Å². The zero-order valence-corrected chi connectivity index (χ0v) is 10.8. The Kier molecular flexibility index (Phi) is 3.80. The molecule has 0 aromatic carbocycles. The highest BCUT2D eigenvalue weighted by atomic mass is 16.3. The van der Waals surface area contributed by atoms with Crippen molar-refractivity contribution in [2.75, 3.05) is 0 Å². The quantitative estimate of drug-likeness (QED) is 0.719. The minimum Gasteiger partial charge on any atom is -0.392 e. The van der Waals surface area contributed by atoms with Crippen molar-refractivity contribution in [3.8, 4) is 0 Å². The van der Waals surface area contributed by atoms with E-state index in [1.54, 1.807) is 0 Å². The van der Waals surface area contributed by atoms with Gasteiger partial charge in [-0.15, -0.1) is 6.58 Å². The van der Waals surface area contributed by atoms with Gasteiger partial charge in [-0.2, -0.15) is 0 Å². The van der Waals surface area contributed by atoms with Gasteiger partial charge in [0.25, 0.3) is 0 Å².